The molecule has 0 aliphatic heterocycles. The van der Waals surface area contributed by atoms with E-state index in [1.165, 1.54) is 7.05 Å². The van der Waals surface area contributed by atoms with Crippen LogP contribution in [0.15, 0.2) is 30.3 Å². The topological polar surface area (TPSA) is 117 Å². The van der Waals surface area contributed by atoms with Crippen molar-refractivity contribution in [3.63, 3.8) is 0 Å². The number of aromatic nitrogens is 1. The van der Waals surface area contributed by atoms with E-state index in [0.29, 0.717) is 5.69 Å². The number of hydrogen-bond donors (Lipinski definition) is 4. The number of amides is 3. The first-order valence-electron chi connectivity index (χ1n) is 6.39. The lowest BCUT2D eigenvalue weighted by Gasteiger charge is -2.15. The summed E-state index contributed by atoms with van der Waals surface area (Å²) in [5.74, 6) is -1.61. The number of likely N-dealkylation sites (N-methyl/N-ethyl adjacent to an activating group) is 1. The van der Waals surface area contributed by atoms with Crippen molar-refractivity contribution in [2.75, 3.05) is 7.05 Å². The molecule has 0 unspecified atom stereocenters. The summed E-state index contributed by atoms with van der Waals surface area (Å²) in [6, 6.07) is 8.09. The third-order valence-corrected chi connectivity index (χ3v) is 3.05. The van der Waals surface area contributed by atoms with Crippen LogP contribution in [0, 0.1) is 0 Å². The molecule has 0 fully saturated rings. The normalized spacial score (nSPS) is 11.9. The monoisotopic (exact) mass is 288 g/mol. The fraction of sp³-hybridized carbons (Fsp3) is 0.214. The van der Waals surface area contributed by atoms with Crippen molar-refractivity contribution in [2.24, 2.45) is 5.73 Å². The summed E-state index contributed by atoms with van der Waals surface area (Å²) < 4.78 is 0. The highest BCUT2D eigenvalue weighted by molar-refractivity contribution is 6.00. The van der Waals surface area contributed by atoms with Crippen LogP contribution < -0.4 is 16.4 Å². The van der Waals surface area contributed by atoms with E-state index in [1.54, 1.807) is 6.07 Å². The number of hydrogen-bond acceptors (Lipinski definition) is 3. The number of H-pyrrole nitrogens is 1. The summed E-state index contributed by atoms with van der Waals surface area (Å²) in [6.45, 7) is 0. The van der Waals surface area contributed by atoms with Crippen LogP contribution >= 0.6 is 0 Å². The molecule has 0 saturated carbocycles. The lowest BCUT2D eigenvalue weighted by atomic mass is 10.1. The van der Waals surface area contributed by atoms with Crippen LogP contribution in [0.5, 0.6) is 0 Å². The number of carbonyl (C=O) groups is 3. The molecule has 2 aromatic rings. The van der Waals surface area contributed by atoms with Crippen molar-refractivity contribution in [2.45, 2.75) is 12.5 Å². The first kappa shape index (κ1) is 14.6. The Labute approximate surface area is 120 Å². The minimum atomic E-state index is -0.994. The molecule has 0 spiro atoms. The average molecular weight is 288 g/mol. The molecule has 5 N–H and O–H groups in total. The number of rotatable bonds is 5. The van der Waals surface area contributed by atoms with Gasteiger partial charge >= 0.3 is 0 Å². The van der Waals surface area contributed by atoms with E-state index < -0.39 is 23.8 Å². The third-order valence-electron chi connectivity index (χ3n) is 3.05. The molecule has 0 bridgehead atoms. The van der Waals surface area contributed by atoms with Crippen molar-refractivity contribution in [3.05, 3.63) is 36.0 Å². The van der Waals surface area contributed by atoms with Gasteiger partial charge in [0, 0.05) is 18.0 Å². The number of fused-ring (bicyclic) bond motifs is 1. The number of primary amides is 1. The Kier molecular flexibility index (Phi) is 4.22. The zero-order valence-corrected chi connectivity index (χ0v) is 11.5. The van der Waals surface area contributed by atoms with Crippen molar-refractivity contribution in [1.29, 1.82) is 0 Å². The molecule has 7 heteroatoms. The van der Waals surface area contributed by atoms with Gasteiger partial charge in [-0.15, -0.1) is 0 Å². The highest BCUT2D eigenvalue weighted by Gasteiger charge is 2.23. The predicted octanol–water partition coefficient (Wildman–Crippen LogP) is -0.112. The van der Waals surface area contributed by atoms with Gasteiger partial charge in [-0.25, -0.2) is 0 Å². The molecule has 1 heterocycles. The summed E-state index contributed by atoms with van der Waals surface area (Å²) in [6.07, 6.45) is -0.258. The van der Waals surface area contributed by atoms with Gasteiger partial charge in [0.2, 0.25) is 11.8 Å². The molecule has 110 valence electrons. The van der Waals surface area contributed by atoms with Gasteiger partial charge in [0.15, 0.2) is 0 Å². The van der Waals surface area contributed by atoms with Gasteiger partial charge in [-0.05, 0) is 12.1 Å². The van der Waals surface area contributed by atoms with Crippen molar-refractivity contribution in [1.82, 2.24) is 15.6 Å². The summed E-state index contributed by atoms with van der Waals surface area (Å²) >= 11 is 0. The summed E-state index contributed by atoms with van der Waals surface area (Å²) in [5, 5.41) is 5.76. The van der Waals surface area contributed by atoms with Gasteiger partial charge in [0.1, 0.15) is 11.7 Å². The number of nitrogens with one attached hydrogen (secondary N) is 3. The highest BCUT2D eigenvalue weighted by atomic mass is 16.2. The second-order valence-electron chi connectivity index (χ2n) is 4.58. The Balaban J connectivity index is 2.17. The van der Waals surface area contributed by atoms with Gasteiger partial charge in [-0.1, -0.05) is 18.2 Å². The molecule has 0 aliphatic rings. The van der Waals surface area contributed by atoms with Crippen LogP contribution in [0.3, 0.4) is 0 Å². The molecule has 1 aromatic heterocycles. The van der Waals surface area contributed by atoms with E-state index in [0.717, 1.165) is 10.9 Å². The lowest BCUT2D eigenvalue weighted by Crippen LogP contribution is -2.47. The van der Waals surface area contributed by atoms with Crippen LogP contribution in [0.4, 0.5) is 0 Å². The zero-order chi connectivity index (χ0) is 15.4. The molecule has 3 amide bonds. The maximum absolute atomic E-state index is 12.2. The standard InChI is InChI=1S/C14H16N4O3/c1-16-13(20)11(7-12(15)19)18-14(21)10-6-8-4-2-3-5-9(8)17-10/h2-6,11,17H,7H2,1H3,(H2,15,19)(H,16,20)(H,18,21)/t11-/m0/s1. The summed E-state index contributed by atoms with van der Waals surface area (Å²) in [4.78, 5) is 37.7. The second kappa shape index (κ2) is 6.08. The van der Waals surface area contributed by atoms with Crippen LogP contribution in [0.25, 0.3) is 10.9 Å². The first-order valence-corrected chi connectivity index (χ1v) is 6.39. The Morgan fingerprint density at radius 1 is 1.29 bits per heavy atom. The predicted molar refractivity (Wildman–Crippen MR) is 77.4 cm³/mol. The maximum atomic E-state index is 12.2. The van der Waals surface area contributed by atoms with Crippen LogP contribution in [-0.4, -0.2) is 35.8 Å². The average Bonchev–Trinajstić information content (AvgIpc) is 2.89. The number of aromatic amines is 1. The zero-order valence-electron chi connectivity index (χ0n) is 11.5. The third kappa shape index (κ3) is 3.38. The van der Waals surface area contributed by atoms with E-state index in [4.69, 9.17) is 5.73 Å². The number of benzene rings is 1. The molecular weight excluding hydrogens is 272 g/mol. The van der Waals surface area contributed by atoms with Gasteiger partial charge in [-0.3, -0.25) is 14.4 Å². The maximum Gasteiger partial charge on any atom is 0.268 e. The van der Waals surface area contributed by atoms with Crippen molar-refractivity contribution < 1.29 is 14.4 Å². The van der Waals surface area contributed by atoms with E-state index in [1.807, 2.05) is 24.3 Å². The Bertz CT molecular complexity index is 659. The Morgan fingerprint density at radius 3 is 2.62 bits per heavy atom. The Hall–Kier alpha value is -2.83. The first-order chi connectivity index (χ1) is 10.0. The van der Waals surface area contributed by atoms with Gasteiger partial charge in [-0.2, -0.15) is 0 Å². The van der Waals surface area contributed by atoms with Crippen molar-refractivity contribution in [3.8, 4) is 0 Å². The summed E-state index contributed by atoms with van der Waals surface area (Å²) in [7, 11) is 1.42. The fourth-order valence-corrected chi connectivity index (χ4v) is 2.02. The van der Waals surface area contributed by atoms with E-state index in [-0.39, 0.29) is 6.42 Å². The summed E-state index contributed by atoms with van der Waals surface area (Å²) in [5.41, 5.74) is 6.21. The van der Waals surface area contributed by atoms with Crippen LogP contribution in [0.2, 0.25) is 0 Å². The van der Waals surface area contributed by atoms with Gasteiger partial charge < -0.3 is 21.4 Å². The largest absolute Gasteiger partial charge is 0.370 e. The second-order valence-corrected chi connectivity index (χ2v) is 4.58. The Morgan fingerprint density at radius 2 is 2.00 bits per heavy atom. The van der Waals surface area contributed by atoms with Gasteiger partial charge in [0.25, 0.3) is 5.91 Å². The molecule has 1 aromatic carbocycles. The van der Waals surface area contributed by atoms with Crippen LogP contribution in [0.1, 0.15) is 16.9 Å². The van der Waals surface area contributed by atoms with E-state index >= 15 is 0 Å². The highest BCUT2D eigenvalue weighted by Crippen LogP contribution is 2.14. The van der Waals surface area contributed by atoms with E-state index in [2.05, 4.69) is 15.6 Å². The number of carbonyl (C=O) groups excluding carboxylic acids is 3. The van der Waals surface area contributed by atoms with Crippen molar-refractivity contribution >= 4 is 28.6 Å². The molecule has 0 radical (unpaired) electrons. The molecule has 1 atom stereocenters. The lowest BCUT2D eigenvalue weighted by molar-refractivity contribution is -0.126. The smallest absolute Gasteiger partial charge is 0.268 e. The SMILES string of the molecule is CNC(=O)[C@H](CC(N)=O)NC(=O)c1cc2ccccc2[nH]1. The molecule has 2 rings (SSSR count). The fourth-order valence-electron chi connectivity index (χ4n) is 2.02. The number of para-hydroxylation sites is 1. The molecule has 7 nitrogen and oxygen atoms in total. The molecular formula is C14H16N4O3. The minimum Gasteiger partial charge on any atom is -0.370 e. The molecule has 0 saturated heterocycles. The van der Waals surface area contributed by atoms with Crippen LogP contribution in [-0.2, 0) is 9.59 Å². The minimum absolute atomic E-state index is 0.258. The molecule has 0 aliphatic carbocycles. The molecule has 21 heavy (non-hydrogen) atoms. The number of nitrogens with two attached hydrogens (primary N) is 1. The quantitative estimate of drug-likeness (QED) is 0.614. The van der Waals surface area contributed by atoms with E-state index in [9.17, 15) is 14.4 Å². The van der Waals surface area contributed by atoms with Gasteiger partial charge in [0.05, 0.1) is 6.42 Å².